The summed E-state index contributed by atoms with van der Waals surface area (Å²) in [7, 11) is 0. The number of cyclic esters (lactones) is 1. The van der Waals surface area contributed by atoms with Crippen LogP contribution in [-0.2, 0) is 19.0 Å². The monoisotopic (exact) mass is 456 g/mol. The molecule has 2 heterocycles. The van der Waals surface area contributed by atoms with E-state index in [0.717, 1.165) is 25.7 Å². The van der Waals surface area contributed by atoms with Crippen molar-refractivity contribution in [2.75, 3.05) is 13.2 Å². The van der Waals surface area contributed by atoms with Gasteiger partial charge in [-0.1, -0.05) is 50.3 Å². The molecule has 6 heteroatoms. The summed E-state index contributed by atoms with van der Waals surface area (Å²) < 4.78 is 31.9. The van der Waals surface area contributed by atoms with Crippen molar-refractivity contribution in [3.05, 3.63) is 59.4 Å². The normalized spacial score (nSPS) is 42.1. The molecule has 5 nitrogen and oxygen atoms in total. The van der Waals surface area contributed by atoms with Crippen LogP contribution in [0.5, 0.6) is 0 Å². The molecule has 7 atom stereocenters. The number of ether oxygens (including phenoxy) is 3. The van der Waals surface area contributed by atoms with Crippen molar-refractivity contribution in [1.29, 1.82) is 0 Å². The first-order valence-electron chi connectivity index (χ1n) is 12.0. The summed E-state index contributed by atoms with van der Waals surface area (Å²) in [5.41, 5.74) is 1.81. The molecule has 4 aliphatic rings. The van der Waals surface area contributed by atoms with Crippen LogP contribution in [0.25, 0.3) is 0 Å². The van der Waals surface area contributed by atoms with E-state index < -0.39 is 18.4 Å². The minimum absolute atomic E-state index is 0.00840. The van der Waals surface area contributed by atoms with E-state index in [2.05, 4.69) is 20.4 Å². The Morgan fingerprint density at radius 1 is 1.24 bits per heavy atom. The lowest BCUT2D eigenvalue weighted by molar-refractivity contribution is -0.307. The molecule has 1 N–H and O–H groups in total. The fourth-order valence-corrected chi connectivity index (χ4v) is 7.02. The topological polar surface area (TPSA) is 65.0 Å². The Morgan fingerprint density at radius 3 is 2.76 bits per heavy atom. The highest BCUT2D eigenvalue weighted by atomic mass is 19.1. The van der Waals surface area contributed by atoms with Crippen molar-refractivity contribution in [1.82, 2.24) is 0 Å². The summed E-state index contributed by atoms with van der Waals surface area (Å²) in [6, 6.07) is 6.65. The maximum Gasteiger partial charge on any atom is 0.336 e. The number of aliphatic hydroxyl groups excluding tert-OH is 1. The predicted molar refractivity (Wildman–Crippen MR) is 120 cm³/mol. The molecule has 2 aliphatic carbocycles. The maximum atomic E-state index is 14.4. The van der Waals surface area contributed by atoms with Gasteiger partial charge in [-0.3, -0.25) is 0 Å². The van der Waals surface area contributed by atoms with Gasteiger partial charge in [0.25, 0.3) is 0 Å². The number of fused-ring (bicyclic) bond motifs is 3. The quantitative estimate of drug-likeness (QED) is 0.400. The lowest BCUT2D eigenvalue weighted by Crippen LogP contribution is -2.60. The molecule has 5 rings (SSSR count). The Morgan fingerprint density at radius 2 is 2.03 bits per heavy atom. The summed E-state index contributed by atoms with van der Waals surface area (Å²) in [4.78, 5) is 12.0. The minimum atomic E-state index is -0.846. The fourth-order valence-electron chi connectivity index (χ4n) is 7.02. The molecule has 0 aromatic heterocycles. The van der Waals surface area contributed by atoms with Gasteiger partial charge in [0.15, 0.2) is 6.29 Å². The number of esters is 1. The summed E-state index contributed by atoms with van der Waals surface area (Å²) in [5, 5.41) is 10.1. The summed E-state index contributed by atoms with van der Waals surface area (Å²) >= 11 is 0. The number of hydrogen-bond acceptors (Lipinski definition) is 5. The minimum Gasteiger partial charge on any atom is -0.459 e. The number of allylic oxidation sites excluding steroid dienone is 2. The van der Waals surface area contributed by atoms with E-state index in [4.69, 9.17) is 14.2 Å². The predicted octanol–water partition coefficient (Wildman–Crippen LogP) is 4.86. The fraction of sp³-hybridized carbons (Fsp3) is 0.593. The van der Waals surface area contributed by atoms with E-state index in [1.807, 2.05) is 6.08 Å². The molecule has 0 bridgehead atoms. The first kappa shape index (κ1) is 22.8. The van der Waals surface area contributed by atoms with Gasteiger partial charge in [-0.25, -0.2) is 9.18 Å². The lowest BCUT2D eigenvalue weighted by Gasteiger charge is -2.62. The van der Waals surface area contributed by atoms with Crippen LogP contribution in [0, 0.1) is 28.5 Å². The number of rotatable bonds is 3. The molecule has 4 fully saturated rings. The summed E-state index contributed by atoms with van der Waals surface area (Å²) in [5.74, 6) is -0.179. The number of aliphatic hydroxyl groups is 1. The summed E-state index contributed by atoms with van der Waals surface area (Å²) in [6.07, 6.45) is 4.74. The molecular weight excluding hydrogens is 423 g/mol. The van der Waals surface area contributed by atoms with Crippen molar-refractivity contribution in [2.24, 2.45) is 22.7 Å². The molecule has 0 spiro atoms. The zero-order valence-electron chi connectivity index (χ0n) is 19.4. The second-order valence-corrected chi connectivity index (χ2v) is 10.7. The van der Waals surface area contributed by atoms with Crippen LogP contribution in [0.2, 0.25) is 0 Å². The van der Waals surface area contributed by atoms with E-state index in [9.17, 15) is 14.3 Å². The highest BCUT2D eigenvalue weighted by Crippen LogP contribution is 2.63. The first-order chi connectivity index (χ1) is 15.7. The van der Waals surface area contributed by atoms with Gasteiger partial charge in [0.1, 0.15) is 18.5 Å². The Balaban J connectivity index is 1.38. The molecular formula is C27H33FO5. The average molecular weight is 457 g/mol. The Hall–Kier alpha value is -2.02. The van der Waals surface area contributed by atoms with Crippen molar-refractivity contribution < 1.29 is 28.5 Å². The molecule has 2 saturated heterocycles. The molecule has 7 unspecified atom stereocenters. The third-order valence-corrected chi connectivity index (χ3v) is 8.85. The molecule has 2 saturated carbocycles. The van der Waals surface area contributed by atoms with Gasteiger partial charge in [0, 0.05) is 11.0 Å². The Labute approximate surface area is 194 Å². The third-order valence-electron chi connectivity index (χ3n) is 8.85. The van der Waals surface area contributed by atoms with Gasteiger partial charge >= 0.3 is 5.97 Å². The van der Waals surface area contributed by atoms with Crippen molar-refractivity contribution in [3.8, 4) is 0 Å². The number of carbonyl (C=O) groups excluding carboxylic acids is 1. The van der Waals surface area contributed by atoms with Gasteiger partial charge in [-0.2, -0.15) is 0 Å². The molecule has 2 aliphatic heterocycles. The average Bonchev–Trinajstić information content (AvgIpc) is 3.10. The second-order valence-electron chi connectivity index (χ2n) is 10.7. The van der Waals surface area contributed by atoms with Crippen LogP contribution in [0.3, 0.4) is 0 Å². The number of hydrogen-bond donors (Lipinski definition) is 1. The third kappa shape index (κ3) is 3.67. The van der Waals surface area contributed by atoms with Crippen LogP contribution in [-0.4, -0.2) is 36.5 Å². The maximum absolute atomic E-state index is 14.4. The van der Waals surface area contributed by atoms with E-state index in [1.54, 1.807) is 18.2 Å². The lowest BCUT2D eigenvalue weighted by atomic mass is 9.46. The smallest absolute Gasteiger partial charge is 0.336 e. The zero-order chi connectivity index (χ0) is 23.4. The Kier molecular flexibility index (Phi) is 5.74. The van der Waals surface area contributed by atoms with Crippen LogP contribution in [0.15, 0.2) is 48.1 Å². The molecule has 33 heavy (non-hydrogen) atoms. The number of carbonyl (C=O) groups is 1. The first-order valence-corrected chi connectivity index (χ1v) is 12.0. The highest BCUT2D eigenvalue weighted by molar-refractivity contribution is 5.91. The largest absolute Gasteiger partial charge is 0.459 e. The van der Waals surface area contributed by atoms with E-state index in [0.29, 0.717) is 30.1 Å². The van der Waals surface area contributed by atoms with Gasteiger partial charge in [0.05, 0.1) is 18.3 Å². The summed E-state index contributed by atoms with van der Waals surface area (Å²) in [6.45, 7) is 9.52. The van der Waals surface area contributed by atoms with E-state index in [1.165, 1.54) is 11.6 Å². The van der Waals surface area contributed by atoms with Crippen molar-refractivity contribution in [2.45, 2.75) is 64.4 Å². The molecule has 0 amide bonds. The van der Waals surface area contributed by atoms with Gasteiger partial charge < -0.3 is 19.3 Å². The van der Waals surface area contributed by atoms with Crippen LogP contribution < -0.4 is 0 Å². The van der Waals surface area contributed by atoms with Gasteiger partial charge in [0.2, 0.25) is 0 Å². The Bertz CT molecular complexity index is 988. The van der Waals surface area contributed by atoms with Gasteiger partial charge in [-0.05, 0) is 55.4 Å². The molecule has 1 aromatic rings. The standard InChI is InChI=1S/C27H33FO5/c1-16-8-11-22-26(2,19(16)10-9-18-21(29)14-31-24(18)30)13-12-23-27(22,3)15-32-25(33-23)17-6-4-5-7-20(17)28/h4-7,9,19,21-23,25,29H,1,8,10-15H2,2-3H3/b18-9+. The molecule has 0 radical (unpaired) electrons. The van der Waals surface area contributed by atoms with Crippen LogP contribution in [0.1, 0.15) is 57.8 Å². The van der Waals surface area contributed by atoms with E-state index in [-0.39, 0.29) is 35.3 Å². The van der Waals surface area contributed by atoms with Crippen LogP contribution >= 0.6 is 0 Å². The molecule has 1 aromatic carbocycles. The number of halogens is 1. The van der Waals surface area contributed by atoms with Gasteiger partial charge in [-0.15, -0.1) is 0 Å². The van der Waals surface area contributed by atoms with Crippen molar-refractivity contribution >= 4 is 5.97 Å². The highest BCUT2D eigenvalue weighted by Gasteiger charge is 2.60. The zero-order valence-corrected chi connectivity index (χ0v) is 19.4. The van der Waals surface area contributed by atoms with E-state index >= 15 is 0 Å². The SMILES string of the molecule is C=C1CCC2C3(C)COC(c4ccccc4F)OC3CCC2(C)C1C/C=C1/C(=O)OCC1O. The van der Waals surface area contributed by atoms with Crippen LogP contribution in [0.4, 0.5) is 4.39 Å². The second kappa shape index (κ2) is 8.33. The molecule has 178 valence electrons. The van der Waals surface area contributed by atoms with Crippen molar-refractivity contribution in [3.63, 3.8) is 0 Å². The number of benzene rings is 1.